The first-order valence-corrected chi connectivity index (χ1v) is 10.0. The van der Waals surface area contributed by atoms with Gasteiger partial charge in [-0.2, -0.15) is 0 Å². The molecular weight excluding hydrogens is 376 g/mol. The van der Waals surface area contributed by atoms with Crippen LogP contribution in [0.25, 0.3) is 10.2 Å². The Balaban J connectivity index is 1.73. The maximum Gasteiger partial charge on any atom is 0.263 e. The third-order valence-corrected chi connectivity index (χ3v) is 5.87. The fourth-order valence-corrected chi connectivity index (χ4v) is 4.31. The number of fused-ring (bicyclic) bond motifs is 1. The molecular formula is C21H22N2O4S. The van der Waals surface area contributed by atoms with Gasteiger partial charge in [-0.3, -0.25) is 9.69 Å². The maximum absolute atomic E-state index is 13.5. The Hall–Kier alpha value is -2.64. The summed E-state index contributed by atoms with van der Waals surface area (Å²) in [7, 11) is 3.13. The standard InChI is InChI=1S/C21H22N2O4S/c1-25-14-9-10-16(18(12-14)26-2)20(24)23(13-15-6-5-11-27-15)21-22-17-7-3-4-8-19(17)28-21/h3-4,7-10,12,15H,5-6,11,13H2,1-2H3. The molecule has 1 aromatic heterocycles. The molecule has 4 rings (SSSR count). The monoisotopic (exact) mass is 398 g/mol. The van der Waals surface area contributed by atoms with Crippen LogP contribution in [0.1, 0.15) is 23.2 Å². The molecule has 0 radical (unpaired) electrons. The molecule has 0 bridgehead atoms. The normalized spacial score (nSPS) is 16.3. The van der Waals surface area contributed by atoms with E-state index in [1.54, 1.807) is 37.3 Å². The summed E-state index contributed by atoms with van der Waals surface area (Å²) in [4.78, 5) is 19.9. The van der Waals surface area contributed by atoms with Crippen molar-refractivity contribution in [2.45, 2.75) is 18.9 Å². The number of thiazole rings is 1. The Morgan fingerprint density at radius 1 is 1.25 bits per heavy atom. The van der Waals surface area contributed by atoms with E-state index in [1.807, 2.05) is 24.3 Å². The number of anilines is 1. The molecule has 0 saturated carbocycles. The molecule has 1 fully saturated rings. The van der Waals surface area contributed by atoms with Gasteiger partial charge in [0.1, 0.15) is 11.5 Å². The number of methoxy groups -OCH3 is 2. The number of carbonyl (C=O) groups excluding carboxylic acids is 1. The van der Waals surface area contributed by atoms with Gasteiger partial charge in [0.2, 0.25) is 0 Å². The smallest absolute Gasteiger partial charge is 0.263 e. The van der Waals surface area contributed by atoms with Crippen LogP contribution in [0, 0.1) is 0 Å². The molecule has 6 nitrogen and oxygen atoms in total. The van der Waals surface area contributed by atoms with Gasteiger partial charge >= 0.3 is 0 Å². The quantitative estimate of drug-likeness (QED) is 0.625. The van der Waals surface area contributed by atoms with Gasteiger partial charge in [-0.15, -0.1) is 0 Å². The highest BCUT2D eigenvalue weighted by molar-refractivity contribution is 7.22. The van der Waals surface area contributed by atoms with Gasteiger partial charge in [-0.1, -0.05) is 23.5 Å². The lowest BCUT2D eigenvalue weighted by atomic mass is 10.1. The zero-order valence-electron chi connectivity index (χ0n) is 15.9. The number of hydrogen-bond acceptors (Lipinski definition) is 6. The van der Waals surface area contributed by atoms with E-state index in [0.717, 1.165) is 29.7 Å². The average Bonchev–Trinajstić information content (AvgIpc) is 3.40. The number of carbonyl (C=O) groups is 1. The fraction of sp³-hybridized carbons (Fsp3) is 0.333. The second-order valence-electron chi connectivity index (χ2n) is 6.58. The summed E-state index contributed by atoms with van der Waals surface area (Å²) in [6, 6.07) is 13.1. The summed E-state index contributed by atoms with van der Waals surface area (Å²) in [6.45, 7) is 1.20. The van der Waals surface area contributed by atoms with Crippen molar-refractivity contribution in [3.05, 3.63) is 48.0 Å². The van der Waals surface area contributed by atoms with Crippen molar-refractivity contribution in [2.75, 3.05) is 32.3 Å². The number of benzene rings is 2. The minimum atomic E-state index is -0.158. The van der Waals surface area contributed by atoms with Crippen LogP contribution < -0.4 is 14.4 Å². The highest BCUT2D eigenvalue weighted by atomic mass is 32.1. The molecule has 1 aliphatic heterocycles. The molecule has 1 unspecified atom stereocenters. The molecule has 0 N–H and O–H groups in total. The predicted molar refractivity (Wildman–Crippen MR) is 110 cm³/mol. The van der Waals surface area contributed by atoms with E-state index in [2.05, 4.69) is 0 Å². The van der Waals surface area contributed by atoms with Gasteiger partial charge in [0.15, 0.2) is 5.13 Å². The number of rotatable bonds is 6. The largest absolute Gasteiger partial charge is 0.497 e. The van der Waals surface area contributed by atoms with Crippen molar-refractivity contribution in [3.8, 4) is 11.5 Å². The highest BCUT2D eigenvalue weighted by Gasteiger charge is 2.28. The van der Waals surface area contributed by atoms with Crippen LogP contribution in [0.3, 0.4) is 0 Å². The number of hydrogen-bond donors (Lipinski definition) is 0. The van der Waals surface area contributed by atoms with Crippen molar-refractivity contribution in [1.29, 1.82) is 0 Å². The van der Waals surface area contributed by atoms with E-state index < -0.39 is 0 Å². The first kappa shape index (κ1) is 18.7. The number of aromatic nitrogens is 1. The number of amides is 1. The summed E-state index contributed by atoms with van der Waals surface area (Å²) in [5.41, 5.74) is 1.36. The first-order chi connectivity index (χ1) is 13.7. The Bertz CT molecular complexity index is 948. The first-order valence-electron chi connectivity index (χ1n) is 9.20. The van der Waals surface area contributed by atoms with Crippen LogP contribution in [-0.2, 0) is 4.74 Å². The topological polar surface area (TPSA) is 60.9 Å². The van der Waals surface area contributed by atoms with E-state index >= 15 is 0 Å². The molecule has 28 heavy (non-hydrogen) atoms. The van der Waals surface area contributed by atoms with Gasteiger partial charge in [0.05, 0.1) is 42.6 Å². The van der Waals surface area contributed by atoms with Crippen molar-refractivity contribution in [3.63, 3.8) is 0 Å². The second-order valence-corrected chi connectivity index (χ2v) is 7.59. The third kappa shape index (κ3) is 3.68. The van der Waals surface area contributed by atoms with Crippen LogP contribution in [0.15, 0.2) is 42.5 Å². The van der Waals surface area contributed by atoms with Crippen LogP contribution in [0.2, 0.25) is 0 Å². The van der Waals surface area contributed by atoms with Crippen LogP contribution >= 0.6 is 11.3 Å². The second kappa shape index (κ2) is 8.16. The molecule has 1 amide bonds. The van der Waals surface area contributed by atoms with Crippen molar-refractivity contribution < 1.29 is 19.0 Å². The lowest BCUT2D eigenvalue weighted by Crippen LogP contribution is -2.37. The highest BCUT2D eigenvalue weighted by Crippen LogP contribution is 2.33. The van der Waals surface area contributed by atoms with E-state index in [9.17, 15) is 4.79 Å². The molecule has 2 aromatic carbocycles. The van der Waals surface area contributed by atoms with Crippen LogP contribution in [-0.4, -0.2) is 44.4 Å². The lowest BCUT2D eigenvalue weighted by Gasteiger charge is -2.24. The van der Waals surface area contributed by atoms with Gasteiger partial charge in [-0.25, -0.2) is 4.98 Å². The number of para-hydroxylation sites is 1. The zero-order valence-corrected chi connectivity index (χ0v) is 16.7. The summed E-state index contributed by atoms with van der Waals surface area (Å²) < 4.78 is 17.5. The molecule has 0 spiro atoms. The van der Waals surface area contributed by atoms with Gasteiger partial charge in [0, 0.05) is 12.7 Å². The van der Waals surface area contributed by atoms with Crippen LogP contribution in [0.4, 0.5) is 5.13 Å². The minimum absolute atomic E-state index is 0.0141. The molecule has 1 saturated heterocycles. The summed E-state index contributed by atoms with van der Waals surface area (Å²) in [6.07, 6.45) is 1.97. The molecule has 3 aromatic rings. The molecule has 2 heterocycles. The molecule has 146 valence electrons. The van der Waals surface area contributed by atoms with E-state index in [1.165, 1.54) is 11.3 Å². The van der Waals surface area contributed by atoms with Crippen molar-refractivity contribution in [1.82, 2.24) is 4.98 Å². The number of nitrogens with zero attached hydrogens (tertiary/aromatic N) is 2. The predicted octanol–water partition coefficient (Wildman–Crippen LogP) is 4.14. The lowest BCUT2D eigenvalue weighted by molar-refractivity contribution is 0.0915. The maximum atomic E-state index is 13.5. The summed E-state index contributed by atoms with van der Waals surface area (Å²) in [5.74, 6) is 0.955. The third-order valence-electron chi connectivity index (χ3n) is 4.81. The zero-order chi connectivity index (χ0) is 19.5. The van der Waals surface area contributed by atoms with Gasteiger partial charge < -0.3 is 14.2 Å². The Morgan fingerprint density at radius 3 is 2.82 bits per heavy atom. The number of ether oxygens (including phenoxy) is 3. The molecule has 1 atom stereocenters. The SMILES string of the molecule is COc1ccc(C(=O)N(CC2CCCO2)c2nc3ccccc3s2)c(OC)c1. The van der Waals surface area contributed by atoms with Crippen molar-refractivity contribution >= 4 is 32.6 Å². The summed E-state index contributed by atoms with van der Waals surface area (Å²) in [5, 5.41) is 0.666. The summed E-state index contributed by atoms with van der Waals surface area (Å²) >= 11 is 1.51. The Labute approximate surface area is 167 Å². The Kier molecular flexibility index (Phi) is 5.45. The average molecular weight is 398 g/mol. The van der Waals surface area contributed by atoms with Gasteiger partial charge in [-0.05, 0) is 37.1 Å². The van der Waals surface area contributed by atoms with E-state index in [0.29, 0.717) is 28.7 Å². The van der Waals surface area contributed by atoms with E-state index in [4.69, 9.17) is 19.2 Å². The van der Waals surface area contributed by atoms with Crippen LogP contribution in [0.5, 0.6) is 11.5 Å². The minimum Gasteiger partial charge on any atom is -0.497 e. The molecule has 7 heteroatoms. The molecule has 0 aliphatic carbocycles. The molecule has 1 aliphatic rings. The fourth-order valence-electron chi connectivity index (χ4n) is 3.34. The van der Waals surface area contributed by atoms with Gasteiger partial charge in [0.25, 0.3) is 5.91 Å². The Morgan fingerprint density at radius 2 is 2.11 bits per heavy atom. The van der Waals surface area contributed by atoms with E-state index in [-0.39, 0.29) is 12.0 Å². The van der Waals surface area contributed by atoms with Crippen molar-refractivity contribution in [2.24, 2.45) is 0 Å².